The van der Waals surface area contributed by atoms with Gasteiger partial charge in [-0.15, -0.1) is 0 Å². The van der Waals surface area contributed by atoms with Gasteiger partial charge in [0.15, 0.2) is 5.82 Å². The van der Waals surface area contributed by atoms with E-state index in [2.05, 4.69) is 9.88 Å². The van der Waals surface area contributed by atoms with Crippen LogP contribution in [-0.4, -0.2) is 39.0 Å². The first-order chi connectivity index (χ1) is 16.3. The average Bonchev–Trinajstić information content (AvgIpc) is 2.78. The number of ether oxygens (including phenoxy) is 1. The molecule has 2 heterocycles. The summed E-state index contributed by atoms with van der Waals surface area (Å²) in [6.45, 7) is 5.88. The van der Waals surface area contributed by atoms with Crippen molar-refractivity contribution >= 4 is 5.97 Å². The minimum Gasteiger partial charge on any atom is -0.488 e. The summed E-state index contributed by atoms with van der Waals surface area (Å²) in [6.07, 6.45) is 2.78. The molecule has 1 aliphatic rings. The quantitative estimate of drug-likeness (QED) is 0.514. The molecule has 1 atom stereocenters. The highest BCUT2D eigenvalue weighted by Gasteiger charge is 2.21. The number of rotatable bonds is 8. The van der Waals surface area contributed by atoms with Crippen molar-refractivity contribution in [1.82, 2.24) is 14.9 Å². The molecular weight excluding hydrogens is 440 g/mol. The standard InChI is InChI=1S/C26H27F2N3O3/c1-16(10-25(32)33)13-31-9-8-23-19(14-31)12-29-26(30-23)18-6-7-24(17(2)11-18)34-15-20-21(27)4-3-5-22(20)28/h3-7,11-12,16H,8-10,13-15H2,1-2H3,(H,32,33). The summed E-state index contributed by atoms with van der Waals surface area (Å²) < 4.78 is 33.4. The number of nitrogens with zero attached hydrogens (tertiary/aromatic N) is 3. The summed E-state index contributed by atoms with van der Waals surface area (Å²) in [5, 5.41) is 8.97. The highest BCUT2D eigenvalue weighted by atomic mass is 19.1. The monoisotopic (exact) mass is 467 g/mol. The van der Waals surface area contributed by atoms with Crippen molar-refractivity contribution in [3.8, 4) is 17.1 Å². The van der Waals surface area contributed by atoms with Gasteiger partial charge in [0.25, 0.3) is 0 Å². The zero-order chi connectivity index (χ0) is 24.2. The second-order valence-electron chi connectivity index (χ2n) is 8.82. The molecule has 0 aliphatic carbocycles. The number of halogens is 2. The van der Waals surface area contributed by atoms with Crippen LogP contribution < -0.4 is 4.74 Å². The predicted octanol–water partition coefficient (Wildman–Crippen LogP) is 4.78. The first kappa shape index (κ1) is 23.8. The van der Waals surface area contributed by atoms with Gasteiger partial charge in [0.05, 0.1) is 11.3 Å². The van der Waals surface area contributed by atoms with Crippen molar-refractivity contribution in [3.63, 3.8) is 0 Å². The van der Waals surface area contributed by atoms with E-state index in [0.717, 1.165) is 41.9 Å². The Morgan fingerprint density at radius 3 is 2.71 bits per heavy atom. The fourth-order valence-electron chi connectivity index (χ4n) is 4.24. The molecule has 34 heavy (non-hydrogen) atoms. The van der Waals surface area contributed by atoms with Crippen LogP contribution in [0.1, 0.15) is 35.7 Å². The van der Waals surface area contributed by atoms with Gasteiger partial charge in [0.1, 0.15) is 24.0 Å². The van der Waals surface area contributed by atoms with Crippen molar-refractivity contribution < 1.29 is 23.4 Å². The lowest BCUT2D eigenvalue weighted by atomic mass is 10.0. The molecule has 0 radical (unpaired) electrons. The third kappa shape index (κ3) is 5.56. The van der Waals surface area contributed by atoms with Crippen LogP contribution in [0, 0.1) is 24.5 Å². The molecule has 0 saturated carbocycles. The van der Waals surface area contributed by atoms with E-state index in [1.54, 1.807) is 6.07 Å². The van der Waals surface area contributed by atoms with Crippen molar-refractivity contribution in [2.24, 2.45) is 5.92 Å². The predicted molar refractivity (Wildman–Crippen MR) is 123 cm³/mol. The normalized spacial score (nSPS) is 14.5. The van der Waals surface area contributed by atoms with E-state index in [0.29, 0.717) is 18.1 Å². The summed E-state index contributed by atoms with van der Waals surface area (Å²) in [5.74, 6) is -0.808. The molecule has 178 valence electrons. The second-order valence-corrected chi connectivity index (χ2v) is 8.82. The third-order valence-corrected chi connectivity index (χ3v) is 5.97. The van der Waals surface area contributed by atoms with Gasteiger partial charge in [-0.05, 0) is 48.7 Å². The summed E-state index contributed by atoms with van der Waals surface area (Å²) in [6, 6.07) is 9.24. The maximum atomic E-state index is 13.9. The summed E-state index contributed by atoms with van der Waals surface area (Å²) >= 11 is 0. The Bertz CT molecular complexity index is 1180. The summed E-state index contributed by atoms with van der Waals surface area (Å²) in [7, 11) is 0. The zero-order valence-electron chi connectivity index (χ0n) is 19.2. The largest absolute Gasteiger partial charge is 0.488 e. The molecule has 1 unspecified atom stereocenters. The van der Waals surface area contributed by atoms with Gasteiger partial charge in [-0.2, -0.15) is 0 Å². The van der Waals surface area contributed by atoms with Crippen LogP contribution in [0.3, 0.4) is 0 Å². The molecule has 0 amide bonds. The van der Waals surface area contributed by atoms with Crippen LogP contribution in [0.2, 0.25) is 0 Å². The lowest BCUT2D eigenvalue weighted by molar-refractivity contribution is -0.138. The lowest BCUT2D eigenvalue weighted by Gasteiger charge is -2.29. The first-order valence-corrected chi connectivity index (χ1v) is 11.3. The van der Waals surface area contributed by atoms with E-state index in [1.807, 2.05) is 32.2 Å². The van der Waals surface area contributed by atoms with E-state index in [1.165, 1.54) is 18.2 Å². The number of hydrogen-bond donors (Lipinski definition) is 1. The topological polar surface area (TPSA) is 75.6 Å². The Hall–Kier alpha value is -3.39. The molecule has 0 saturated heterocycles. The smallest absolute Gasteiger partial charge is 0.303 e. The fraction of sp³-hybridized carbons (Fsp3) is 0.346. The molecule has 0 fully saturated rings. The van der Waals surface area contributed by atoms with E-state index in [9.17, 15) is 13.6 Å². The Balaban J connectivity index is 1.43. The highest BCUT2D eigenvalue weighted by molar-refractivity contribution is 5.67. The molecule has 8 heteroatoms. The molecule has 0 bridgehead atoms. The fourth-order valence-corrected chi connectivity index (χ4v) is 4.24. The Labute approximate surface area is 197 Å². The van der Waals surface area contributed by atoms with Crippen molar-refractivity contribution in [2.75, 3.05) is 13.1 Å². The highest BCUT2D eigenvalue weighted by Crippen LogP contribution is 2.27. The number of carboxylic acid groups (broad SMARTS) is 1. The molecule has 4 rings (SSSR count). The van der Waals surface area contributed by atoms with Gasteiger partial charge >= 0.3 is 5.97 Å². The van der Waals surface area contributed by atoms with Crippen molar-refractivity contribution in [1.29, 1.82) is 0 Å². The average molecular weight is 468 g/mol. The number of benzene rings is 2. The van der Waals surface area contributed by atoms with Gasteiger partial charge in [0.2, 0.25) is 0 Å². The zero-order valence-corrected chi connectivity index (χ0v) is 19.2. The third-order valence-electron chi connectivity index (χ3n) is 5.97. The Kier molecular flexibility index (Phi) is 7.17. The van der Waals surface area contributed by atoms with Crippen LogP contribution in [0.5, 0.6) is 5.75 Å². The number of carbonyl (C=O) groups is 1. The molecular formula is C26H27F2N3O3. The SMILES string of the molecule is Cc1cc(-c2ncc3c(n2)CCN(CC(C)CC(=O)O)C3)ccc1OCc1c(F)cccc1F. The molecule has 2 aromatic carbocycles. The molecule has 6 nitrogen and oxygen atoms in total. The van der Waals surface area contributed by atoms with Crippen molar-refractivity contribution in [2.45, 2.75) is 39.8 Å². The minimum absolute atomic E-state index is 0.0813. The second kappa shape index (κ2) is 10.3. The number of carboxylic acids is 1. The van der Waals surface area contributed by atoms with Crippen LogP contribution in [-0.2, 0) is 24.4 Å². The maximum absolute atomic E-state index is 13.9. The number of hydrogen-bond acceptors (Lipinski definition) is 5. The number of aliphatic carboxylic acids is 1. The van der Waals surface area contributed by atoms with E-state index < -0.39 is 17.6 Å². The maximum Gasteiger partial charge on any atom is 0.303 e. The van der Waals surface area contributed by atoms with Gasteiger partial charge in [0, 0.05) is 49.8 Å². The Morgan fingerprint density at radius 2 is 2.00 bits per heavy atom. The van der Waals surface area contributed by atoms with Gasteiger partial charge in [-0.3, -0.25) is 9.69 Å². The summed E-state index contributed by atoms with van der Waals surface area (Å²) in [4.78, 5) is 22.5. The molecule has 3 aromatic rings. The van der Waals surface area contributed by atoms with Gasteiger partial charge in [-0.1, -0.05) is 13.0 Å². The molecule has 1 aliphatic heterocycles. The van der Waals surface area contributed by atoms with Crippen LogP contribution in [0.15, 0.2) is 42.6 Å². The number of aryl methyl sites for hydroxylation is 1. The lowest BCUT2D eigenvalue weighted by Crippen LogP contribution is -2.35. The van der Waals surface area contributed by atoms with Gasteiger partial charge in [-0.25, -0.2) is 18.7 Å². The number of fused-ring (bicyclic) bond motifs is 1. The van der Waals surface area contributed by atoms with E-state index in [4.69, 9.17) is 14.8 Å². The van der Waals surface area contributed by atoms with Crippen molar-refractivity contribution in [3.05, 3.63) is 76.6 Å². The molecule has 1 aromatic heterocycles. The van der Waals surface area contributed by atoms with Crippen LogP contribution in [0.4, 0.5) is 8.78 Å². The number of aromatic nitrogens is 2. The molecule has 0 spiro atoms. The van der Waals surface area contributed by atoms with Gasteiger partial charge < -0.3 is 9.84 Å². The van der Waals surface area contributed by atoms with Crippen LogP contribution >= 0.6 is 0 Å². The van der Waals surface area contributed by atoms with E-state index in [-0.39, 0.29) is 24.5 Å². The van der Waals surface area contributed by atoms with Crippen LogP contribution in [0.25, 0.3) is 11.4 Å². The molecule has 1 N–H and O–H groups in total. The summed E-state index contributed by atoms with van der Waals surface area (Å²) in [5.41, 5.74) is 3.60. The Morgan fingerprint density at radius 1 is 1.24 bits per heavy atom. The van der Waals surface area contributed by atoms with E-state index >= 15 is 0 Å². The minimum atomic E-state index is -0.774. The first-order valence-electron chi connectivity index (χ1n) is 11.3.